The number of fused-ring (bicyclic) bond motifs is 1. The molecular formula is C23H30ClN3O2. The first-order valence-electron chi connectivity index (χ1n) is 10.4. The van der Waals surface area contributed by atoms with E-state index >= 15 is 0 Å². The number of hydrogen-bond acceptors (Lipinski definition) is 5. The minimum absolute atomic E-state index is 0.682. The van der Waals surface area contributed by atoms with Gasteiger partial charge in [0.15, 0.2) is 0 Å². The third-order valence-corrected chi connectivity index (χ3v) is 5.94. The molecule has 2 heterocycles. The molecule has 0 amide bonds. The number of halogens is 1. The van der Waals surface area contributed by atoms with Crippen molar-refractivity contribution >= 4 is 11.6 Å². The van der Waals surface area contributed by atoms with Crippen LogP contribution < -0.4 is 9.47 Å². The molecule has 0 radical (unpaired) electrons. The molecule has 0 atom stereocenters. The third kappa shape index (κ3) is 5.64. The average molecular weight is 416 g/mol. The molecule has 2 aliphatic rings. The van der Waals surface area contributed by atoms with Crippen LogP contribution in [0.15, 0.2) is 42.5 Å². The van der Waals surface area contributed by atoms with Crippen molar-refractivity contribution in [2.45, 2.75) is 13.1 Å². The summed E-state index contributed by atoms with van der Waals surface area (Å²) >= 11 is 6.19. The highest BCUT2D eigenvalue weighted by Crippen LogP contribution is 2.28. The van der Waals surface area contributed by atoms with Gasteiger partial charge in [-0.2, -0.15) is 0 Å². The molecule has 0 spiro atoms. The van der Waals surface area contributed by atoms with Gasteiger partial charge in [0.05, 0.1) is 0 Å². The van der Waals surface area contributed by atoms with Crippen molar-refractivity contribution in [3.8, 4) is 11.5 Å². The Hall–Kier alpha value is -1.79. The quantitative estimate of drug-likeness (QED) is 0.721. The number of rotatable bonds is 6. The molecule has 1 fully saturated rings. The molecule has 1 saturated heterocycles. The van der Waals surface area contributed by atoms with Crippen molar-refractivity contribution in [3.63, 3.8) is 0 Å². The molecule has 2 aromatic carbocycles. The standard InChI is InChI=1S/C23H30ClN3O2/c1-25-8-10-26(11-9-25)12-14-28-22-5-3-2-4-19(22)17-27-13-15-29-23-7-6-21(24)16-20(23)18-27/h2-7,16H,8-15,17-18H2,1H3. The molecule has 0 unspecified atom stereocenters. The van der Waals surface area contributed by atoms with Gasteiger partial charge in [-0.1, -0.05) is 29.8 Å². The van der Waals surface area contributed by atoms with Gasteiger partial charge in [-0.15, -0.1) is 0 Å². The highest BCUT2D eigenvalue weighted by Gasteiger charge is 2.18. The zero-order chi connectivity index (χ0) is 20.1. The van der Waals surface area contributed by atoms with Crippen LogP contribution >= 0.6 is 11.6 Å². The van der Waals surface area contributed by atoms with Gasteiger partial charge in [-0.05, 0) is 31.3 Å². The first-order chi connectivity index (χ1) is 14.2. The van der Waals surface area contributed by atoms with E-state index in [2.05, 4.69) is 46.0 Å². The molecule has 29 heavy (non-hydrogen) atoms. The van der Waals surface area contributed by atoms with Crippen molar-refractivity contribution in [2.75, 3.05) is 59.5 Å². The molecule has 5 nitrogen and oxygen atoms in total. The van der Waals surface area contributed by atoms with Crippen LogP contribution in [0.1, 0.15) is 11.1 Å². The largest absolute Gasteiger partial charge is 0.492 e. The molecule has 2 aromatic rings. The van der Waals surface area contributed by atoms with Crippen LogP contribution in [0.2, 0.25) is 5.02 Å². The van der Waals surface area contributed by atoms with Crippen LogP contribution in [0.3, 0.4) is 0 Å². The minimum atomic E-state index is 0.682. The van der Waals surface area contributed by atoms with E-state index in [-0.39, 0.29) is 0 Å². The first-order valence-corrected chi connectivity index (χ1v) is 10.8. The predicted molar refractivity (Wildman–Crippen MR) is 117 cm³/mol. The van der Waals surface area contributed by atoms with E-state index in [1.54, 1.807) is 0 Å². The Balaban J connectivity index is 1.35. The summed E-state index contributed by atoms with van der Waals surface area (Å²) in [6.45, 7) is 9.44. The fourth-order valence-corrected chi connectivity index (χ4v) is 4.12. The zero-order valence-electron chi connectivity index (χ0n) is 17.1. The van der Waals surface area contributed by atoms with Crippen molar-refractivity contribution in [1.82, 2.24) is 14.7 Å². The van der Waals surface area contributed by atoms with E-state index in [9.17, 15) is 0 Å². The smallest absolute Gasteiger partial charge is 0.123 e. The van der Waals surface area contributed by atoms with Crippen molar-refractivity contribution < 1.29 is 9.47 Å². The Morgan fingerprint density at radius 1 is 1.00 bits per heavy atom. The summed E-state index contributed by atoms with van der Waals surface area (Å²) in [5.74, 6) is 1.92. The maximum absolute atomic E-state index is 6.19. The molecule has 4 rings (SSSR count). The van der Waals surface area contributed by atoms with Gasteiger partial charge in [0, 0.05) is 68.5 Å². The van der Waals surface area contributed by atoms with Gasteiger partial charge >= 0.3 is 0 Å². The minimum Gasteiger partial charge on any atom is -0.492 e. The van der Waals surface area contributed by atoms with Crippen LogP contribution in [-0.4, -0.2) is 74.2 Å². The zero-order valence-corrected chi connectivity index (χ0v) is 17.9. The van der Waals surface area contributed by atoms with Crippen molar-refractivity contribution in [2.24, 2.45) is 0 Å². The third-order valence-electron chi connectivity index (χ3n) is 5.71. The van der Waals surface area contributed by atoms with E-state index in [1.807, 2.05) is 18.2 Å². The summed E-state index contributed by atoms with van der Waals surface area (Å²) < 4.78 is 12.1. The van der Waals surface area contributed by atoms with Gasteiger partial charge in [-0.3, -0.25) is 9.80 Å². The lowest BCUT2D eigenvalue weighted by Gasteiger charge is -2.32. The van der Waals surface area contributed by atoms with Crippen LogP contribution in [0.4, 0.5) is 0 Å². The Kier molecular flexibility index (Phi) is 6.93. The SMILES string of the molecule is CN1CCN(CCOc2ccccc2CN2CCOc3ccc(Cl)cc3C2)CC1. The van der Waals surface area contributed by atoms with Crippen LogP contribution in [-0.2, 0) is 13.1 Å². The van der Waals surface area contributed by atoms with Gasteiger partial charge in [0.1, 0.15) is 24.7 Å². The number of para-hydroxylation sites is 1. The van der Waals surface area contributed by atoms with Gasteiger partial charge in [0.2, 0.25) is 0 Å². The molecule has 0 aromatic heterocycles. The number of ether oxygens (including phenoxy) is 2. The second kappa shape index (κ2) is 9.81. The molecule has 2 aliphatic heterocycles. The predicted octanol–water partition coefficient (Wildman–Crippen LogP) is 3.36. The fourth-order valence-electron chi connectivity index (χ4n) is 3.92. The molecule has 0 bridgehead atoms. The normalized spacial score (nSPS) is 18.7. The molecule has 6 heteroatoms. The summed E-state index contributed by atoms with van der Waals surface area (Å²) in [4.78, 5) is 7.25. The number of benzene rings is 2. The molecule has 0 N–H and O–H groups in total. The van der Waals surface area contributed by atoms with Crippen molar-refractivity contribution in [1.29, 1.82) is 0 Å². The van der Waals surface area contributed by atoms with Gasteiger partial charge in [0.25, 0.3) is 0 Å². The highest BCUT2D eigenvalue weighted by atomic mass is 35.5. The fraction of sp³-hybridized carbons (Fsp3) is 0.478. The van der Waals surface area contributed by atoms with Crippen LogP contribution in [0.25, 0.3) is 0 Å². The lowest BCUT2D eigenvalue weighted by atomic mass is 10.1. The second-order valence-electron chi connectivity index (χ2n) is 7.91. The van der Waals surface area contributed by atoms with E-state index in [4.69, 9.17) is 21.1 Å². The summed E-state index contributed by atoms with van der Waals surface area (Å²) in [6.07, 6.45) is 0. The van der Waals surface area contributed by atoms with Crippen molar-refractivity contribution in [3.05, 3.63) is 58.6 Å². The highest BCUT2D eigenvalue weighted by molar-refractivity contribution is 6.30. The average Bonchev–Trinajstić information content (AvgIpc) is 2.92. The maximum atomic E-state index is 6.19. The lowest BCUT2D eigenvalue weighted by Crippen LogP contribution is -2.45. The number of hydrogen-bond donors (Lipinski definition) is 0. The second-order valence-corrected chi connectivity index (χ2v) is 8.35. The monoisotopic (exact) mass is 415 g/mol. The van der Waals surface area contributed by atoms with E-state index in [1.165, 1.54) is 5.56 Å². The first kappa shape index (κ1) is 20.5. The summed E-state index contributed by atoms with van der Waals surface area (Å²) in [5, 5.41) is 0.752. The molecule has 0 saturated carbocycles. The number of nitrogens with zero attached hydrogens (tertiary/aromatic N) is 3. The number of piperazine rings is 1. The molecule has 156 valence electrons. The molecule has 0 aliphatic carbocycles. The summed E-state index contributed by atoms with van der Waals surface area (Å²) in [7, 11) is 2.18. The Labute approximate surface area is 178 Å². The topological polar surface area (TPSA) is 28.2 Å². The van der Waals surface area contributed by atoms with E-state index in [0.717, 1.165) is 81.1 Å². The lowest BCUT2D eigenvalue weighted by molar-refractivity contribution is 0.133. The van der Waals surface area contributed by atoms with Crippen LogP contribution in [0.5, 0.6) is 11.5 Å². The van der Waals surface area contributed by atoms with Gasteiger partial charge in [-0.25, -0.2) is 0 Å². The Morgan fingerprint density at radius 2 is 1.83 bits per heavy atom. The Bertz CT molecular complexity index is 808. The summed E-state index contributed by atoms with van der Waals surface area (Å²) in [5.41, 5.74) is 2.36. The maximum Gasteiger partial charge on any atom is 0.123 e. The summed E-state index contributed by atoms with van der Waals surface area (Å²) in [6, 6.07) is 14.2. The molecular weight excluding hydrogens is 386 g/mol. The van der Waals surface area contributed by atoms with E-state index < -0.39 is 0 Å². The van der Waals surface area contributed by atoms with Gasteiger partial charge < -0.3 is 14.4 Å². The number of likely N-dealkylation sites (N-methyl/N-ethyl adjacent to an activating group) is 1. The Morgan fingerprint density at radius 3 is 2.69 bits per heavy atom. The van der Waals surface area contributed by atoms with E-state index in [0.29, 0.717) is 6.61 Å². The van der Waals surface area contributed by atoms with Crippen LogP contribution in [0, 0.1) is 0 Å².